The van der Waals surface area contributed by atoms with Crippen molar-refractivity contribution in [3.8, 4) is 0 Å². The number of allylic oxidation sites excluding steroid dienone is 2. The standard InChI is InChI=1S/C26H48N6/c1-24(2,3)21-31-17-10-20(19-32-21)18-26(6,23-29-13-7-8-14-30-23)12-11-25(4,5)22-27-15-9-16-28-22/h10,17,19,21,23,29-32H,7-9,11-16,18H2,1-6H3,(H,27,28). The van der Waals surface area contributed by atoms with E-state index in [0.717, 1.165) is 51.9 Å². The molecule has 182 valence electrons. The van der Waals surface area contributed by atoms with Crippen molar-refractivity contribution in [3.63, 3.8) is 0 Å². The van der Waals surface area contributed by atoms with Gasteiger partial charge in [-0.2, -0.15) is 0 Å². The molecule has 0 spiro atoms. The van der Waals surface area contributed by atoms with Gasteiger partial charge in [-0.1, -0.05) is 41.5 Å². The Morgan fingerprint density at radius 2 is 1.59 bits per heavy atom. The maximum atomic E-state index is 4.82. The predicted molar refractivity (Wildman–Crippen MR) is 136 cm³/mol. The van der Waals surface area contributed by atoms with Gasteiger partial charge in [-0.3, -0.25) is 4.99 Å². The lowest BCUT2D eigenvalue weighted by molar-refractivity contribution is 0.154. The maximum absolute atomic E-state index is 4.82. The van der Waals surface area contributed by atoms with Crippen molar-refractivity contribution in [2.24, 2.45) is 21.2 Å². The molecule has 3 rings (SSSR count). The molecule has 0 bridgehead atoms. The number of nitrogens with one attached hydrogen (secondary N) is 5. The van der Waals surface area contributed by atoms with Gasteiger partial charge in [-0.25, -0.2) is 0 Å². The van der Waals surface area contributed by atoms with Crippen LogP contribution in [0, 0.1) is 16.2 Å². The molecule has 32 heavy (non-hydrogen) atoms. The fraction of sp³-hybridized carbons (Fsp3) is 0.808. The summed E-state index contributed by atoms with van der Waals surface area (Å²) in [6.07, 6.45) is 14.1. The van der Waals surface area contributed by atoms with Gasteiger partial charge in [0.15, 0.2) is 0 Å². The minimum Gasteiger partial charge on any atom is -0.373 e. The highest BCUT2D eigenvalue weighted by atomic mass is 15.1. The zero-order valence-electron chi connectivity index (χ0n) is 21.4. The van der Waals surface area contributed by atoms with Crippen LogP contribution in [-0.2, 0) is 0 Å². The highest BCUT2D eigenvalue weighted by molar-refractivity contribution is 5.87. The van der Waals surface area contributed by atoms with Gasteiger partial charge in [0.05, 0.1) is 6.17 Å². The van der Waals surface area contributed by atoms with E-state index in [2.05, 4.69) is 86.6 Å². The maximum Gasteiger partial charge on any atom is 0.102 e. The van der Waals surface area contributed by atoms with Crippen LogP contribution < -0.4 is 26.6 Å². The average molecular weight is 445 g/mol. The summed E-state index contributed by atoms with van der Waals surface area (Å²) in [7, 11) is 0. The summed E-state index contributed by atoms with van der Waals surface area (Å²) in [6.45, 7) is 18.1. The summed E-state index contributed by atoms with van der Waals surface area (Å²) in [5.74, 6) is 1.19. The summed E-state index contributed by atoms with van der Waals surface area (Å²) < 4.78 is 0. The molecule has 6 nitrogen and oxygen atoms in total. The van der Waals surface area contributed by atoms with Crippen LogP contribution in [0.1, 0.15) is 80.1 Å². The first-order valence-electron chi connectivity index (χ1n) is 12.7. The fourth-order valence-corrected chi connectivity index (χ4v) is 4.96. The van der Waals surface area contributed by atoms with Crippen LogP contribution >= 0.6 is 0 Å². The summed E-state index contributed by atoms with van der Waals surface area (Å²) in [5, 5.41) is 18.4. The van der Waals surface area contributed by atoms with Crippen molar-refractivity contribution in [2.45, 2.75) is 92.4 Å². The molecule has 0 radical (unpaired) electrons. The largest absolute Gasteiger partial charge is 0.373 e. The molecule has 3 aliphatic rings. The Morgan fingerprint density at radius 3 is 2.22 bits per heavy atom. The van der Waals surface area contributed by atoms with Crippen molar-refractivity contribution in [3.05, 3.63) is 24.0 Å². The van der Waals surface area contributed by atoms with Gasteiger partial charge in [0.25, 0.3) is 0 Å². The molecule has 3 heterocycles. The van der Waals surface area contributed by atoms with Crippen molar-refractivity contribution in [1.82, 2.24) is 26.6 Å². The van der Waals surface area contributed by atoms with Gasteiger partial charge in [-0.05, 0) is 69.5 Å². The van der Waals surface area contributed by atoms with E-state index in [1.165, 1.54) is 24.3 Å². The molecule has 1 saturated heterocycles. The Kier molecular flexibility index (Phi) is 8.31. The minimum absolute atomic E-state index is 0.0667. The molecule has 2 unspecified atom stereocenters. The first kappa shape index (κ1) is 25.1. The van der Waals surface area contributed by atoms with E-state index in [-0.39, 0.29) is 22.4 Å². The molecular formula is C26H48N6. The highest BCUT2D eigenvalue weighted by Gasteiger charge is 2.38. The Morgan fingerprint density at radius 1 is 0.875 bits per heavy atom. The molecule has 0 aromatic heterocycles. The third kappa shape index (κ3) is 6.74. The number of hydrogen-bond acceptors (Lipinski definition) is 6. The normalized spacial score (nSPS) is 25.2. The minimum atomic E-state index is 0.0667. The van der Waals surface area contributed by atoms with Crippen LogP contribution in [0.25, 0.3) is 0 Å². The molecule has 5 N–H and O–H groups in total. The van der Waals surface area contributed by atoms with Gasteiger partial charge < -0.3 is 26.6 Å². The predicted octanol–water partition coefficient (Wildman–Crippen LogP) is 3.84. The van der Waals surface area contributed by atoms with E-state index < -0.39 is 0 Å². The second kappa shape index (κ2) is 10.6. The van der Waals surface area contributed by atoms with E-state index >= 15 is 0 Å². The molecule has 0 aromatic carbocycles. The van der Waals surface area contributed by atoms with E-state index in [1.54, 1.807) is 0 Å². The van der Waals surface area contributed by atoms with Crippen LogP contribution in [0.4, 0.5) is 0 Å². The first-order valence-corrected chi connectivity index (χ1v) is 12.7. The summed E-state index contributed by atoms with van der Waals surface area (Å²) in [5.41, 5.74) is 1.65. The van der Waals surface area contributed by atoms with E-state index in [9.17, 15) is 0 Å². The van der Waals surface area contributed by atoms with Crippen LogP contribution in [0.15, 0.2) is 29.0 Å². The van der Waals surface area contributed by atoms with Gasteiger partial charge in [-0.15, -0.1) is 0 Å². The smallest absolute Gasteiger partial charge is 0.102 e. The third-order valence-corrected chi connectivity index (χ3v) is 7.33. The van der Waals surface area contributed by atoms with Crippen molar-refractivity contribution in [2.75, 3.05) is 26.2 Å². The molecule has 0 saturated carbocycles. The van der Waals surface area contributed by atoms with Crippen molar-refractivity contribution in [1.29, 1.82) is 0 Å². The zero-order valence-corrected chi connectivity index (χ0v) is 21.4. The molecule has 2 atom stereocenters. The molecule has 0 amide bonds. The number of rotatable bonds is 7. The first-order chi connectivity index (χ1) is 15.1. The highest BCUT2D eigenvalue weighted by Crippen LogP contribution is 2.39. The van der Waals surface area contributed by atoms with Gasteiger partial charge in [0.2, 0.25) is 0 Å². The van der Waals surface area contributed by atoms with Gasteiger partial charge >= 0.3 is 0 Å². The van der Waals surface area contributed by atoms with E-state index in [4.69, 9.17) is 4.99 Å². The lowest BCUT2D eigenvalue weighted by Crippen LogP contribution is -2.53. The molecule has 6 heteroatoms. The number of hydrogen-bond donors (Lipinski definition) is 5. The molecule has 0 aromatic rings. The monoisotopic (exact) mass is 444 g/mol. The Labute approximate surface area is 196 Å². The lowest BCUT2D eigenvalue weighted by Gasteiger charge is -2.41. The average Bonchev–Trinajstić information content (AvgIpc) is 3.16. The fourth-order valence-electron chi connectivity index (χ4n) is 4.96. The van der Waals surface area contributed by atoms with E-state index in [0.29, 0.717) is 6.17 Å². The van der Waals surface area contributed by atoms with Crippen LogP contribution in [0.2, 0.25) is 0 Å². The van der Waals surface area contributed by atoms with Gasteiger partial charge in [0.1, 0.15) is 12.0 Å². The second-order valence-electron chi connectivity index (χ2n) is 12.0. The summed E-state index contributed by atoms with van der Waals surface area (Å²) in [6, 6.07) is 0. The quantitative estimate of drug-likeness (QED) is 0.413. The van der Waals surface area contributed by atoms with Gasteiger partial charge in [0, 0.05) is 35.5 Å². The number of nitrogens with zero attached hydrogens (tertiary/aromatic N) is 1. The Hall–Kier alpha value is -1.53. The molecule has 0 aliphatic carbocycles. The number of amidine groups is 1. The zero-order chi connectivity index (χ0) is 23.2. The summed E-state index contributed by atoms with van der Waals surface area (Å²) >= 11 is 0. The topological polar surface area (TPSA) is 72.5 Å². The van der Waals surface area contributed by atoms with Crippen molar-refractivity contribution < 1.29 is 0 Å². The summed E-state index contributed by atoms with van der Waals surface area (Å²) in [4.78, 5) is 4.82. The number of aliphatic imine (C=N–C) groups is 1. The van der Waals surface area contributed by atoms with Crippen LogP contribution in [-0.4, -0.2) is 44.3 Å². The van der Waals surface area contributed by atoms with Crippen LogP contribution in [0.3, 0.4) is 0 Å². The second-order valence-corrected chi connectivity index (χ2v) is 12.0. The molecule has 3 aliphatic heterocycles. The van der Waals surface area contributed by atoms with Crippen molar-refractivity contribution >= 4 is 5.84 Å². The molecule has 1 fully saturated rings. The van der Waals surface area contributed by atoms with E-state index in [1.807, 2.05) is 0 Å². The SMILES string of the molecule is CC(C)(CCC(C)(CC1=CNC(C(C)(C)C)NC=C1)C1NCCCCN1)C1=NCCCN1. The Balaban J connectivity index is 1.76. The third-order valence-electron chi connectivity index (χ3n) is 7.33. The molecular weight excluding hydrogens is 396 g/mol. The lowest BCUT2D eigenvalue weighted by atomic mass is 9.72. The van der Waals surface area contributed by atoms with Crippen LogP contribution in [0.5, 0.6) is 0 Å². The Bertz CT molecular complexity index is 694.